The number of nitrogens with zero attached hydrogens (tertiary/aromatic N) is 2. The van der Waals surface area contributed by atoms with E-state index in [1.54, 1.807) is 24.3 Å². The normalized spacial score (nSPS) is 13.9. The van der Waals surface area contributed by atoms with E-state index in [-0.39, 0.29) is 41.7 Å². The highest BCUT2D eigenvalue weighted by molar-refractivity contribution is 8.45. The second kappa shape index (κ2) is 7.72. The van der Waals surface area contributed by atoms with Gasteiger partial charge in [0.15, 0.2) is 0 Å². The lowest BCUT2D eigenvalue weighted by Gasteiger charge is -2.40. The van der Waals surface area contributed by atoms with Crippen LogP contribution in [0.3, 0.4) is 0 Å². The Morgan fingerprint density at radius 2 is 1.68 bits per heavy atom. The van der Waals surface area contributed by atoms with Gasteiger partial charge in [0.1, 0.15) is 22.0 Å². The fraction of sp³-hybridized carbons (Fsp3) is 0.190. The Hall–Kier alpha value is -3.61. The van der Waals surface area contributed by atoms with Gasteiger partial charge in [0.05, 0.1) is 6.42 Å². The van der Waals surface area contributed by atoms with Crippen LogP contribution in [0.1, 0.15) is 35.8 Å². The Kier molecular flexibility index (Phi) is 5.68. The van der Waals surface area contributed by atoms with Gasteiger partial charge in [-0.15, -0.1) is 0 Å². The van der Waals surface area contributed by atoms with E-state index in [0.29, 0.717) is 11.1 Å². The molecule has 1 heterocycles. The largest absolute Gasteiger partial charge is 0.383 e. The summed E-state index contributed by atoms with van der Waals surface area (Å²) in [6.45, 7) is 3.65. The Bertz CT molecular complexity index is 1270. The van der Waals surface area contributed by atoms with Crippen LogP contribution in [-0.4, -0.2) is 21.6 Å². The molecule has 7 nitrogen and oxygen atoms in total. The van der Waals surface area contributed by atoms with E-state index < -0.39 is 32.6 Å². The van der Waals surface area contributed by atoms with Crippen LogP contribution in [0, 0.1) is 0 Å². The molecule has 2 amide bonds. The highest BCUT2D eigenvalue weighted by Crippen LogP contribution is 3.02. The molecule has 0 aliphatic heterocycles. The van der Waals surface area contributed by atoms with E-state index in [1.807, 2.05) is 13.8 Å². The molecule has 3 rings (SSSR count). The van der Waals surface area contributed by atoms with E-state index in [1.165, 1.54) is 4.68 Å². The third-order valence-corrected chi connectivity index (χ3v) is 5.98. The maximum Gasteiger partial charge on any atom is 0.310 e. The first-order valence-corrected chi connectivity index (χ1v) is 11.8. The second-order valence-electron chi connectivity index (χ2n) is 7.93. The van der Waals surface area contributed by atoms with Gasteiger partial charge in [-0.25, -0.2) is 4.68 Å². The van der Waals surface area contributed by atoms with Crippen LogP contribution in [0.4, 0.5) is 30.9 Å². The molecule has 0 unspecified atom stereocenters. The summed E-state index contributed by atoms with van der Waals surface area (Å²) >= 11 is 0. The van der Waals surface area contributed by atoms with Crippen molar-refractivity contribution >= 4 is 33.5 Å². The second-order valence-corrected chi connectivity index (χ2v) is 10.3. The maximum atomic E-state index is 13.0. The molecule has 34 heavy (non-hydrogen) atoms. The van der Waals surface area contributed by atoms with Crippen LogP contribution >= 0.6 is 10.2 Å². The van der Waals surface area contributed by atoms with E-state index >= 15 is 0 Å². The number of primary amides is 1. The number of hydrogen-bond donors (Lipinski definition) is 3. The summed E-state index contributed by atoms with van der Waals surface area (Å²) in [4.78, 5) is 22.1. The molecule has 1 aromatic heterocycles. The Morgan fingerprint density at radius 1 is 1.06 bits per heavy atom. The average Bonchev–Trinajstić information content (AvgIpc) is 3.04. The zero-order chi connectivity index (χ0) is 25.5. The van der Waals surface area contributed by atoms with Crippen molar-refractivity contribution in [3.63, 3.8) is 0 Å². The summed E-state index contributed by atoms with van der Waals surface area (Å²) in [7, 11) is -9.86. The van der Waals surface area contributed by atoms with E-state index in [4.69, 9.17) is 11.5 Å². The van der Waals surface area contributed by atoms with Gasteiger partial charge < -0.3 is 16.8 Å². The number of nitrogen functional groups attached to an aromatic ring is 1. The molecule has 0 bridgehead atoms. The van der Waals surface area contributed by atoms with Crippen molar-refractivity contribution in [3.05, 3.63) is 59.7 Å². The monoisotopic (exact) mass is 503 g/mol. The highest BCUT2D eigenvalue weighted by atomic mass is 32.5. The molecule has 0 saturated carbocycles. The van der Waals surface area contributed by atoms with Crippen molar-refractivity contribution in [2.24, 2.45) is 5.73 Å². The summed E-state index contributed by atoms with van der Waals surface area (Å²) in [5, 5.41) is 6.53. The molecule has 184 valence electrons. The number of hydrogen-bond acceptors (Lipinski definition) is 4. The average molecular weight is 503 g/mol. The number of nitrogens with two attached hydrogens (primary N) is 2. The summed E-state index contributed by atoms with van der Waals surface area (Å²) in [5.74, 6) is -1.34. The minimum atomic E-state index is -9.86. The number of amides is 2. The number of halogens is 5. The highest BCUT2D eigenvalue weighted by Gasteiger charge is 2.65. The first-order chi connectivity index (χ1) is 15.5. The molecule has 13 heteroatoms. The van der Waals surface area contributed by atoms with Gasteiger partial charge in [0.25, 0.3) is 5.91 Å². The van der Waals surface area contributed by atoms with Gasteiger partial charge in [0.2, 0.25) is 5.91 Å². The van der Waals surface area contributed by atoms with Crippen molar-refractivity contribution in [2.45, 2.75) is 31.2 Å². The smallest absolute Gasteiger partial charge is 0.310 e. The van der Waals surface area contributed by atoms with Crippen LogP contribution in [0.25, 0.3) is 11.3 Å². The van der Waals surface area contributed by atoms with Crippen molar-refractivity contribution in [2.75, 3.05) is 11.1 Å². The minimum absolute atomic E-state index is 0.0584. The third kappa shape index (κ3) is 5.47. The minimum Gasteiger partial charge on any atom is -0.383 e. The summed E-state index contributed by atoms with van der Waals surface area (Å²) in [6, 6.07) is 8.45. The quantitative estimate of drug-likeness (QED) is 0.361. The van der Waals surface area contributed by atoms with Gasteiger partial charge in [-0.3, -0.25) is 9.59 Å². The van der Waals surface area contributed by atoms with Crippen molar-refractivity contribution < 1.29 is 29.0 Å². The molecule has 5 N–H and O–H groups in total. The Morgan fingerprint density at radius 3 is 2.21 bits per heavy atom. The SMILES string of the molecule is CC(C)n1nc(-c2ccc(CC(=O)Nc3cccc(S(F)(F)(F)(F)F)c3)cc2)c(C(N)=O)c1N. The van der Waals surface area contributed by atoms with Gasteiger partial charge in [-0.05, 0) is 37.6 Å². The molecule has 0 fully saturated rings. The molecule has 3 aromatic rings. The first kappa shape index (κ1) is 25.0. The Balaban J connectivity index is 1.79. The topological polar surface area (TPSA) is 116 Å². The predicted octanol–water partition coefficient (Wildman–Crippen LogP) is 5.65. The number of rotatable bonds is 7. The lowest BCUT2D eigenvalue weighted by atomic mass is 10.0. The summed E-state index contributed by atoms with van der Waals surface area (Å²) in [6.07, 6.45) is -0.244. The van der Waals surface area contributed by atoms with E-state index in [0.717, 1.165) is 12.1 Å². The first-order valence-electron chi connectivity index (χ1n) is 9.87. The molecule has 0 atom stereocenters. The van der Waals surface area contributed by atoms with Crippen molar-refractivity contribution in [1.29, 1.82) is 0 Å². The van der Waals surface area contributed by atoms with Crippen molar-refractivity contribution in [1.82, 2.24) is 9.78 Å². The van der Waals surface area contributed by atoms with Gasteiger partial charge >= 0.3 is 10.2 Å². The zero-order valence-corrected chi connectivity index (χ0v) is 18.9. The fourth-order valence-electron chi connectivity index (χ4n) is 3.27. The van der Waals surface area contributed by atoms with Crippen molar-refractivity contribution in [3.8, 4) is 11.3 Å². The van der Waals surface area contributed by atoms with Gasteiger partial charge in [-0.1, -0.05) is 49.8 Å². The maximum absolute atomic E-state index is 13.0. The molecule has 0 saturated heterocycles. The van der Waals surface area contributed by atoms with E-state index in [2.05, 4.69) is 10.4 Å². The van der Waals surface area contributed by atoms with Gasteiger partial charge in [-0.2, -0.15) is 5.10 Å². The molecule has 0 spiro atoms. The predicted molar refractivity (Wildman–Crippen MR) is 121 cm³/mol. The number of nitrogens with one attached hydrogen (secondary N) is 1. The lowest BCUT2D eigenvalue weighted by Crippen LogP contribution is -2.15. The third-order valence-electron chi connectivity index (χ3n) is 4.84. The number of carbonyl (C=O) groups is 2. The number of benzene rings is 2. The molecular formula is C21H22F5N5O2S. The molecule has 0 radical (unpaired) electrons. The Labute approximate surface area is 191 Å². The van der Waals surface area contributed by atoms with Gasteiger partial charge in [0, 0.05) is 17.3 Å². The van der Waals surface area contributed by atoms with Crippen LogP contribution in [0.2, 0.25) is 0 Å². The molecule has 0 aliphatic carbocycles. The van der Waals surface area contributed by atoms with Crippen LogP contribution in [0.15, 0.2) is 53.4 Å². The number of anilines is 2. The summed E-state index contributed by atoms with van der Waals surface area (Å²) < 4.78 is 66.4. The molecule has 2 aromatic carbocycles. The van der Waals surface area contributed by atoms with E-state index in [9.17, 15) is 29.0 Å². The summed E-state index contributed by atoms with van der Waals surface area (Å²) in [5.41, 5.74) is 12.3. The molecular weight excluding hydrogens is 481 g/mol. The van der Waals surface area contributed by atoms with Crippen LogP contribution in [0.5, 0.6) is 0 Å². The van der Waals surface area contributed by atoms with Crippen LogP contribution < -0.4 is 16.8 Å². The zero-order valence-electron chi connectivity index (χ0n) is 18.1. The standard InChI is InChI=1S/C21H22F5N5O2S/c1-12(2)31-20(27)18(21(28)33)19(30-31)14-8-6-13(7-9-14)10-17(32)29-15-4-3-5-16(11-15)34(22,23,24,25)26/h3-9,11-12H,10,27H2,1-2H3,(H2,28,33)(H,29,32). The number of carbonyl (C=O) groups excluding carboxylic acids is 2. The lowest BCUT2D eigenvalue weighted by molar-refractivity contribution is -0.115. The van der Waals surface area contributed by atoms with Crippen LogP contribution in [-0.2, 0) is 11.2 Å². The number of aromatic nitrogens is 2. The fourth-order valence-corrected chi connectivity index (χ4v) is 3.96. The molecule has 0 aliphatic rings.